The summed E-state index contributed by atoms with van der Waals surface area (Å²) in [6.45, 7) is 15.5. The lowest BCUT2D eigenvalue weighted by Crippen LogP contribution is -2.44. The Morgan fingerprint density at radius 2 is 1.89 bits per heavy atom. The standard InChI is InChI=1S/C23H34O5/c1-8-13(4)9-21(26)28-20-11-17(12(2)3)23-18(14(20)5)10-19(25)22(23)15(6)27-16(7)24/h9,12,15,17-18,20,22-23H,5,8,10-11H2,1-4,6-7H3/t15-,17+,18+,20-,22+,23+/m1/s1. The first-order valence-electron chi connectivity index (χ1n) is 10.3. The zero-order chi connectivity index (χ0) is 21.2. The second-order valence-electron chi connectivity index (χ2n) is 8.68. The summed E-state index contributed by atoms with van der Waals surface area (Å²) in [5, 5.41) is 0. The van der Waals surface area contributed by atoms with E-state index in [0.717, 1.165) is 17.6 Å². The van der Waals surface area contributed by atoms with Crippen molar-refractivity contribution in [1.29, 1.82) is 0 Å². The van der Waals surface area contributed by atoms with Gasteiger partial charge in [-0.25, -0.2) is 4.79 Å². The van der Waals surface area contributed by atoms with E-state index in [0.29, 0.717) is 18.8 Å². The summed E-state index contributed by atoms with van der Waals surface area (Å²) in [5.41, 5.74) is 1.79. The molecule has 5 nitrogen and oxygen atoms in total. The minimum Gasteiger partial charge on any atom is -0.462 e. The van der Waals surface area contributed by atoms with E-state index >= 15 is 0 Å². The zero-order valence-electron chi connectivity index (χ0n) is 18.0. The minimum atomic E-state index is -0.455. The van der Waals surface area contributed by atoms with Crippen molar-refractivity contribution in [3.63, 3.8) is 0 Å². The van der Waals surface area contributed by atoms with Gasteiger partial charge in [0.25, 0.3) is 0 Å². The Balaban J connectivity index is 2.26. The largest absolute Gasteiger partial charge is 0.462 e. The summed E-state index contributed by atoms with van der Waals surface area (Å²) in [4.78, 5) is 36.6. The molecule has 28 heavy (non-hydrogen) atoms. The first kappa shape index (κ1) is 22.4. The maximum Gasteiger partial charge on any atom is 0.331 e. The Hall–Kier alpha value is -1.91. The highest BCUT2D eigenvalue weighted by molar-refractivity contribution is 5.86. The number of hydrogen-bond donors (Lipinski definition) is 0. The van der Waals surface area contributed by atoms with Gasteiger partial charge in [0, 0.05) is 19.4 Å². The van der Waals surface area contributed by atoms with Crippen molar-refractivity contribution in [2.45, 2.75) is 73.0 Å². The molecule has 0 spiro atoms. The molecule has 2 fully saturated rings. The van der Waals surface area contributed by atoms with E-state index in [1.54, 1.807) is 6.92 Å². The van der Waals surface area contributed by atoms with Gasteiger partial charge in [0.05, 0.1) is 5.92 Å². The molecule has 156 valence electrons. The van der Waals surface area contributed by atoms with Crippen LogP contribution in [0.4, 0.5) is 0 Å². The third-order valence-electron chi connectivity index (χ3n) is 6.44. The normalized spacial score (nSPS) is 31.5. The lowest BCUT2D eigenvalue weighted by molar-refractivity contribution is -0.153. The van der Waals surface area contributed by atoms with Crippen molar-refractivity contribution in [2.75, 3.05) is 0 Å². The smallest absolute Gasteiger partial charge is 0.331 e. The second-order valence-corrected chi connectivity index (χ2v) is 8.68. The van der Waals surface area contributed by atoms with Gasteiger partial charge in [0.15, 0.2) is 0 Å². The van der Waals surface area contributed by atoms with Gasteiger partial charge in [-0.15, -0.1) is 0 Å². The summed E-state index contributed by atoms with van der Waals surface area (Å²) < 4.78 is 11.1. The molecule has 2 aliphatic rings. The van der Waals surface area contributed by atoms with Crippen molar-refractivity contribution in [2.24, 2.45) is 29.6 Å². The van der Waals surface area contributed by atoms with Crippen LogP contribution in [0, 0.1) is 29.6 Å². The van der Waals surface area contributed by atoms with Gasteiger partial charge in [-0.2, -0.15) is 0 Å². The molecule has 2 rings (SSSR count). The van der Waals surface area contributed by atoms with Gasteiger partial charge >= 0.3 is 11.9 Å². The highest BCUT2D eigenvalue weighted by Crippen LogP contribution is 2.53. The fourth-order valence-corrected chi connectivity index (χ4v) is 4.92. The van der Waals surface area contributed by atoms with Gasteiger partial charge in [0.2, 0.25) is 0 Å². The molecule has 0 unspecified atom stereocenters. The summed E-state index contributed by atoms with van der Waals surface area (Å²) in [6, 6.07) is 0. The molecular weight excluding hydrogens is 356 g/mol. The van der Waals surface area contributed by atoms with Crippen molar-refractivity contribution in [3.05, 3.63) is 23.8 Å². The third-order valence-corrected chi connectivity index (χ3v) is 6.44. The number of carbonyl (C=O) groups is 3. The maximum absolute atomic E-state index is 12.8. The number of fused-ring (bicyclic) bond motifs is 1. The Morgan fingerprint density at radius 1 is 1.25 bits per heavy atom. The quantitative estimate of drug-likeness (QED) is 0.385. The number of esters is 2. The fraction of sp³-hybridized carbons (Fsp3) is 0.696. The van der Waals surface area contributed by atoms with Crippen LogP contribution in [0.2, 0.25) is 0 Å². The van der Waals surface area contributed by atoms with E-state index in [4.69, 9.17) is 9.47 Å². The van der Waals surface area contributed by atoms with Gasteiger partial charge in [0.1, 0.15) is 18.0 Å². The van der Waals surface area contributed by atoms with E-state index in [1.807, 2.05) is 13.8 Å². The molecule has 0 N–H and O–H groups in total. The topological polar surface area (TPSA) is 69.7 Å². The summed E-state index contributed by atoms with van der Waals surface area (Å²) in [7, 11) is 0. The summed E-state index contributed by atoms with van der Waals surface area (Å²) >= 11 is 0. The predicted molar refractivity (Wildman–Crippen MR) is 107 cm³/mol. The van der Waals surface area contributed by atoms with Crippen molar-refractivity contribution in [1.82, 2.24) is 0 Å². The van der Waals surface area contributed by atoms with E-state index in [-0.39, 0.29) is 47.5 Å². The maximum atomic E-state index is 12.8. The van der Waals surface area contributed by atoms with E-state index < -0.39 is 6.10 Å². The first-order chi connectivity index (χ1) is 13.1. The first-order valence-corrected chi connectivity index (χ1v) is 10.3. The van der Waals surface area contributed by atoms with Crippen LogP contribution in [0.15, 0.2) is 23.8 Å². The van der Waals surface area contributed by atoms with Crippen LogP contribution in [0.3, 0.4) is 0 Å². The van der Waals surface area contributed by atoms with Gasteiger partial charge in [-0.3, -0.25) is 9.59 Å². The summed E-state index contributed by atoms with van der Waals surface area (Å²) in [5.74, 6) is -0.388. The van der Waals surface area contributed by atoms with Crippen molar-refractivity contribution in [3.8, 4) is 0 Å². The van der Waals surface area contributed by atoms with E-state index in [9.17, 15) is 14.4 Å². The number of ketones is 1. The Kier molecular flexibility index (Phi) is 7.24. The lowest BCUT2D eigenvalue weighted by Gasteiger charge is -2.44. The van der Waals surface area contributed by atoms with Crippen molar-refractivity contribution >= 4 is 17.7 Å². The molecule has 0 aliphatic heterocycles. The highest BCUT2D eigenvalue weighted by Gasteiger charge is 2.55. The number of hydrogen-bond acceptors (Lipinski definition) is 5. The molecule has 5 heteroatoms. The average molecular weight is 391 g/mol. The highest BCUT2D eigenvalue weighted by atomic mass is 16.5. The van der Waals surface area contributed by atoms with Crippen LogP contribution in [-0.4, -0.2) is 29.9 Å². The fourth-order valence-electron chi connectivity index (χ4n) is 4.92. The monoisotopic (exact) mass is 390 g/mol. The molecule has 0 aromatic heterocycles. The average Bonchev–Trinajstić information content (AvgIpc) is 2.93. The molecule has 0 amide bonds. The molecule has 0 radical (unpaired) electrons. The second kappa shape index (κ2) is 9.06. The zero-order valence-corrected chi connectivity index (χ0v) is 18.0. The van der Waals surface area contributed by atoms with Crippen molar-refractivity contribution < 1.29 is 23.9 Å². The Bertz CT molecular complexity index is 674. The van der Waals surface area contributed by atoms with Gasteiger partial charge in [-0.1, -0.05) is 32.9 Å². The van der Waals surface area contributed by atoms with Gasteiger partial charge < -0.3 is 9.47 Å². The van der Waals surface area contributed by atoms with Crippen LogP contribution >= 0.6 is 0 Å². The van der Waals surface area contributed by atoms with Crippen LogP contribution < -0.4 is 0 Å². The van der Waals surface area contributed by atoms with Crippen LogP contribution in [0.5, 0.6) is 0 Å². The molecule has 6 atom stereocenters. The molecule has 2 aliphatic carbocycles. The Labute approximate surface area is 168 Å². The lowest BCUT2D eigenvalue weighted by atomic mass is 9.63. The molecule has 0 aromatic carbocycles. The van der Waals surface area contributed by atoms with E-state index in [2.05, 4.69) is 20.4 Å². The molecule has 0 saturated heterocycles. The van der Waals surface area contributed by atoms with E-state index in [1.165, 1.54) is 13.0 Å². The number of Topliss-reactive ketones (excluding diaryl/α,β-unsaturated/α-hetero) is 1. The third kappa shape index (κ3) is 4.73. The number of ether oxygens (including phenoxy) is 2. The minimum absolute atomic E-state index is 0.0364. The molecule has 0 aromatic rings. The Morgan fingerprint density at radius 3 is 2.43 bits per heavy atom. The molecule has 0 heterocycles. The molecule has 2 saturated carbocycles. The van der Waals surface area contributed by atoms with Gasteiger partial charge in [-0.05, 0) is 55.9 Å². The van der Waals surface area contributed by atoms with Crippen LogP contribution in [0.1, 0.15) is 60.8 Å². The molecular formula is C23H34O5. The molecule has 0 bridgehead atoms. The number of allylic oxidation sites excluding steroid dienone is 1. The predicted octanol–water partition coefficient (Wildman–Crippen LogP) is 4.26. The summed E-state index contributed by atoms with van der Waals surface area (Å²) in [6.07, 6.45) is 2.53. The number of rotatable bonds is 6. The SMILES string of the molecule is C=C1[C@H](OC(=O)C=C(C)CC)C[C@@H](C(C)C)[C@@H]2[C@@H]([C@@H](C)OC(C)=O)C(=O)C[C@@H]12. The van der Waals surface area contributed by atoms with Crippen LogP contribution in [-0.2, 0) is 23.9 Å². The number of carbonyl (C=O) groups excluding carboxylic acids is 3. The van der Waals surface area contributed by atoms with Crippen LogP contribution in [0.25, 0.3) is 0 Å².